The van der Waals surface area contributed by atoms with Crippen LogP contribution in [0.5, 0.6) is 0 Å². The third kappa shape index (κ3) is 3.21. The van der Waals surface area contributed by atoms with Gasteiger partial charge < -0.3 is 9.64 Å². The number of carbonyl (C=O) groups is 1. The van der Waals surface area contributed by atoms with E-state index in [1.807, 2.05) is 16.7 Å². The SMILES string of the molecule is Cn1nc2c(c1CN1CC(CC(=O)N3CCC3)OCC13CCC3)CSCC2. The molecule has 148 valence electrons. The van der Waals surface area contributed by atoms with E-state index >= 15 is 0 Å². The molecule has 1 amide bonds. The number of hydrogen-bond acceptors (Lipinski definition) is 5. The van der Waals surface area contributed by atoms with Gasteiger partial charge in [-0.1, -0.05) is 0 Å². The number of nitrogens with zero attached hydrogens (tertiary/aromatic N) is 4. The lowest BCUT2D eigenvalue weighted by Crippen LogP contribution is -2.63. The van der Waals surface area contributed by atoms with Gasteiger partial charge in [-0.15, -0.1) is 0 Å². The Morgan fingerprint density at radius 1 is 1.33 bits per heavy atom. The highest BCUT2D eigenvalue weighted by molar-refractivity contribution is 7.98. The first kappa shape index (κ1) is 18.0. The summed E-state index contributed by atoms with van der Waals surface area (Å²) in [6.45, 7) is 4.44. The van der Waals surface area contributed by atoms with Crippen LogP contribution < -0.4 is 0 Å². The van der Waals surface area contributed by atoms with Gasteiger partial charge in [0.25, 0.3) is 0 Å². The second kappa shape index (κ2) is 7.08. The molecule has 4 heterocycles. The Morgan fingerprint density at radius 3 is 2.89 bits per heavy atom. The topological polar surface area (TPSA) is 50.6 Å². The summed E-state index contributed by atoms with van der Waals surface area (Å²) in [5.74, 6) is 2.54. The van der Waals surface area contributed by atoms with Gasteiger partial charge >= 0.3 is 0 Å². The number of aryl methyl sites for hydroxylation is 2. The fourth-order valence-electron chi connectivity index (χ4n) is 4.90. The van der Waals surface area contributed by atoms with Crippen molar-refractivity contribution in [2.45, 2.75) is 62.5 Å². The minimum absolute atomic E-state index is 0.0303. The molecule has 4 aliphatic rings. The quantitative estimate of drug-likeness (QED) is 0.787. The molecular weight excluding hydrogens is 360 g/mol. The second-order valence-electron chi connectivity index (χ2n) is 8.63. The number of ether oxygens (including phenoxy) is 1. The molecule has 1 aliphatic carbocycles. The molecule has 1 aromatic rings. The standard InChI is InChI=1S/C20H30N4O2S/c1-22-18(16-13-27-9-4-17(16)21-22)12-24-11-15(10-19(25)23-7-3-8-23)26-14-20(24)5-2-6-20/h15H,2-14H2,1H3. The Hall–Kier alpha value is -1.05. The molecule has 2 saturated heterocycles. The van der Waals surface area contributed by atoms with Crippen LogP contribution in [-0.2, 0) is 35.3 Å². The Morgan fingerprint density at radius 2 is 2.19 bits per heavy atom. The van der Waals surface area contributed by atoms with Crippen LogP contribution in [0.3, 0.4) is 0 Å². The average Bonchev–Trinajstić information content (AvgIpc) is 2.88. The van der Waals surface area contributed by atoms with Gasteiger partial charge in [-0.2, -0.15) is 16.9 Å². The first-order valence-electron chi connectivity index (χ1n) is 10.4. The van der Waals surface area contributed by atoms with Gasteiger partial charge in [0.05, 0.1) is 30.5 Å². The molecule has 0 radical (unpaired) electrons. The summed E-state index contributed by atoms with van der Waals surface area (Å²) in [5.41, 5.74) is 4.32. The summed E-state index contributed by atoms with van der Waals surface area (Å²) in [7, 11) is 2.09. The maximum atomic E-state index is 12.4. The number of likely N-dealkylation sites (tertiary alicyclic amines) is 1. The highest BCUT2D eigenvalue weighted by Gasteiger charge is 2.47. The molecule has 0 N–H and O–H groups in total. The fraction of sp³-hybridized carbons (Fsp3) is 0.800. The van der Waals surface area contributed by atoms with E-state index in [2.05, 4.69) is 16.6 Å². The van der Waals surface area contributed by atoms with Crippen molar-refractivity contribution in [3.63, 3.8) is 0 Å². The van der Waals surface area contributed by atoms with E-state index in [-0.39, 0.29) is 17.6 Å². The summed E-state index contributed by atoms with van der Waals surface area (Å²) < 4.78 is 8.31. The predicted octanol–water partition coefficient (Wildman–Crippen LogP) is 1.96. The van der Waals surface area contributed by atoms with Crippen molar-refractivity contribution in [3.05, 3.63) is 17.0 Å². The van der Waals surface area contributed by atoms with Crippen LogP contribution >= 0.6 is 11.8 Å². The lowest BCUT2D eigenvalue weighted by atomic mass is 9.74. The van der Waals surface area contributed by atoms with Crippen molar-refractivity contribution in [2.24, 2.45) is 7.05 Å². The van der Waals surface area contributed by atoms with Crippen molar-refractivity contribution in [3.8, 4) is 0 Å². The molecule has 6 nitrogen and oxygen atoms in total. The molecule has 0 bridgehead atoms. The number of morpholine rings is 1. The van der Waals surface area contributed by atoms with Gasteiger partial charge in [0.1, 0.15) is 0 Å². The van der Waals surface area contributed by atoms with Crippen LogP contribution in [0.25, 0.3) is 0 Å². The number of amides is 1. The zero-order valence-corrected chi connectivity index (χ0v) is 17.1. The monoisotopic (exact) mass is 390 g/mol. The van der Waals surface area contributed by atoms with Crippen LogP contribution in [0.4, 0.5) is 0 Å². The highest BCUT2D eigenvalue weighted by Crippen LogP contribution is 2.42. The Labute approximate surface area is 165 Å². The first-order valence-corrected chi connectivity index (χ1v) is 11.6. The zero-order chi connectivity index (χ0) is 18.4. The summed E-state index contributed by atoms with van der Waals surface area (Å²) in [6.07, 6.45) is 6.53. The molecule has 1 atom stereocenters. The molecular formula is C20H30N4O2S. The van der Waals surface area contributed by atoms with E-state index < -0.39 is 0 Å². The molecule has 1 aromatic heterocycles. The summed E-state index contributed by atoms with van der Waals surface area (Å²) in [6, 6.07) is 0. The smallest absolute Gasteiger partial charge is 0.225 e. The fourth-order valence-corrected chi connectivity index (χ4v) is 5.92. The van der Waals surface area contributed by atoms with E-state index in [1.165, 1.54) is 42.0 Å². The maximum Gasteiger partial charge on any atom is 0.225 e. The molecule has 3 fully saturated rings. The molecule has 1 saturated carbocycles. The maximum absolute atomic E-state index is 12.4. The molecule has 1 unspecified atom stereocenters. The molecule has 5 rings (SSSR count). The van der Waals surface area contributed by atoms with E-state index in [1.54, 1.807) is 0 Å². The van der Waals surface area contributed by atoms with Crippen LogP contribution in [0, 0.1) is 0 Å². The van der Waals surface area contributed by atoms with Crippen LogP contribution in [0.2, 0.25) is 0 Å². The van der Waals surface area contributed by atoms with Crippen LogP contribution in [0.1, 0.15) is 49.1 Å². The molecule has 3 aliphatic heterocycles. The van der Waals surface area contributed by atoms with E-state index in [0.29, 0.717) is 6.42 Å². The van der Waals surface area contributed by atoms with Crippen molar-refractivity contribution < 1.29 is 9.53 Å². The summed E-state index contributed by atoms with van der Waals surface area (Å²) in [5, 5.41) is 4.80. The van der Waals surface area contributed by atoms with E-state index in [0.717, 1.165) is 51.4 Å². The van der Waals surface area contributed by atoms with Crippen molar-refractivity contribution in [1.82, 2.24) is 19.6 Å². The normalized spacial score (nSPS) is 27.1. The predicted molar refractivity (Wildman–Crippen MR) is 106 cm³/mol. The number of thioether (sulfide) groups is 1. The van der Waals surface area contributed by atoms with Gasteiger partial charge in [0, 0.05) is 56.5 Å². The van der Waals surface area contributed by atoms with Gasteiger partial charge in [0.15, 0.2) is 0 Å². The Kier molecular flexibility index (Phi) is 4.72. The zero-order valence-electron chi connectivity index (χ0n) is 16.3. The lowest BCUT2D eigenvalue weighted by Gasteiger charge is -2.54. The van der Waals surface area contributed by atoms with Gasteiger partial charge in [-0.25, -0.2) is 0 Å². The first-order chi connectivity index (χ1) is 13.1. The molecule has 7 heteroatoms. The summed E-state index contributed by atoms with van der Waals surface area (Å²) in [4.78, 5) is 17.0. The molecule has 1 spiro atoms. The van der Waals surface area contributed by atoms with Crippen molar-refractivity contribution in [1.29, 1.82) is 0 Å². The Bertz CT molecular complexity index is 726. The largest absolute Gasteiger partial charge is 0.374 e. The minimum atomic E-state index is 0.0303. The Balaban J connectivity index is 1.32. The summed E-state index contributed by atoms with van der Waals surface area (Å²) >= 11 is 2.02. The van der Waals surface area contributed by atoms with Crippen molar-refractivity contribution >= 4 is 17.7 Å². The number of rotatable bonds is 4. The number of carbonyl (C=O) groups excluding carboxylic acids is 1. The van der Waals surface area contributed by atoms with Crippen molar-refractivity contribution in [2.75, 3.05) is 32.0 Å². The third-order valence-corrected chi connectivity index (χ3v) is 7.99. The number of aromatic nitrogens is 2. The van der Waals surface area contributed by atoms with E-state index in [4.69, 9.17) is 9.84 Å². The molecule has 27 heavy (non-hydrogen) atoms. The molecule has 0 aromatic carbocycles. The number of fused-ring (bicyclic) bond motifs is 1. The third-order valence-electron chi connectivity index (χ3n) is 7.01. The van der Waals surface area contributed by atoms with Crippen LogP contribution in [-0.4, -0.2) is 69.1 Å². The minimum Gasteiger partial charge on any atom is -0.374 e. The number of hydrogen-bond donors (Lipinski definition) is 0. The van der Waals surface area contributed by atoms with Gasteiger partial charge in [-0.05, 0) is 31.4 Å². The lowest BCUT2D eigenvalue weighted by molar-refractivity contribution is -0.160. The van der Waals surface area contributed by atoms with Gasteiger partial charge in [-0.3, -0.25) is 14.4 Å². The van der Waals surface area contributed by atoms with E-state index in [9.17, 15) is 4.79 Å². The average molecular weight is 391 g/mol. The van der Waals surface area contributed by atoms with Gasteiger partial charge in [0.2, 0.25) is 5.91 Å². The second-order valence-corrected chi connectivity index (χ2v) is 9.73. The van der Waals surface area contributed by atoms with Crippen LogP contribution in [0.15, 0.2) is 0 Å². The highest BCUT2D eigenvalue weighted by atomic mass is 32.2.